The van der Waals surface area contributed by atoms with E-state index in [0.717, 1.165) is 56.4 Å². The predicted molar refractivity (Wildman–Crippen MR) is 97.7 cm³/mol. The SMILES string of the molecule is O=C(COc1ccccc1)N1CCCC(Cc2nncn2CC2CC2)C1. The van der Waals surface area contributed by atoms with Crippen LogP contribution in [0.3, 0.4) is 0 Å². The van der Waals surface area contributed by atoms with Gasteiger partial charge in [0.2, 0.25) is 0 Å². The Morgan fingerprint density at radius 2 is 2.00 bits per heavy atom. The summed E-state index contributed by atoms with van der Waals surface area (Å²) in [5.74, 6) is 3.13. The van der Waals surface area contributed by atoms with E-state index in [1.54, 1.807) is 0 Å². The van der Waals surface area contributed by atoms with Crippen molar-refractivity contribution in [3.63, 3.8) is 0 Å². The van der Waals surface area contributed by atoms with Crippen molar-refractivity contribution in [3.8, 4) is 5.75 Å². The lowest BCUT2D eigenvalue weighted by atomic mass is 9.94. The molecule has 6 nitrogen and oxygen atoms in total. The number of amides is 1. The van der Waals surface area contributed by atoms with Crippen LogP contribution in [0.15, 0.2) is 36.7 Å². The predicted octanol–water partition coefficient (Wildman–Crippen LogP) is 2.55. The number of carbonyl (C=O) groups excluding carboxylic acids is 1. The summed E-state index contributed by atoms with van der Waals surface area (Å²) in [5, 5.41) is 8.42. The number of hydrogen-bond acceptors (Lipinski definition) is 4. The summed E-state index contributed by atoms with van der Waals surface area (Å²) < 4.78 is 7.82. The second-order valence-electron chi connectivity index (χ2n) is 7.50. The summed E-state index contributed by atoms with van der Waals surface area (Å²) in [4.78, 5) is 14.5. The van der Waals surface area contributed by atoms with Crippen molar-refractivity contribution < 1.29 is 9.53 Å². The van der Waals surface area contributed by atoms with Crippen LogP contribution in [-0.2, 0) is 17.8 Å². The Labute approximate surface area is 154 Å². The number of para-hydroxylation sites is 1. The van der Waals surface area contributed by atoms with E-state index >= 15 is 0 Å². The highest BCUT2D eigenvalue weighted by Gasteiger charge is 2.27. The molecule has 2 aromatic rings. The Balaban J connectivity index is 1.29. The quantitative estimate of drug-likeness (QED) is 0.767. The maximum absolute atomic E-state index is 12.5. The lowest BCUT2D eigenvalue weighted by Crippen LogP contribution is -2.43. The van der Waals surface area contributed by atoms with Crippen LogP contribution in [0, 0.1) is 11.8 Å². The number of piperidine rings is 1. The van der Waals surface area contributed by atoms with Gasteiger partial charge in [-0.2, -0.15) is 0 Å². The summed E-state index contributed by atoms with van der Waals surface area (Å²) in [7, 11) is 0. The average Bonchev–Trinajstić information content (AvgIpc) is 3.40. The van der Waals surface area contributed by atoms with Gasteiger partial charge in [-0.05, 0) is 49.7 Å². The fraction of sp³-hybridized carbons (Fsp3) is 0.550. The minimum atomic E-state index is 0.0676. The second kappa shape index (κ2) is 7.89. The van der Waals surface area contributed by atoms with E-state index in [2.05, 4.69) is 14.8 Å². The molecule has 2 heterocycles. The molecule has 4 rings (SSSR count). The van der Waals surface area contributed by atoms with Crippen LogP contribution in [0.2, 0.25) is 0 Å². The molecule has 1 atom stereocenters. The molecule has 1 saturated heterocycles. The molecular formula is C20H26N4O2. The van der Waals surface area contributed by atoms with Crippen molar-refractivity contribution in [1.29, 1.82) is 0 Å². The van der Waals surface area contributed by atoms with E-state index in [9.17, 15) is 4.79 Å². The molecule has 1 aromatic heterocycles. The highest BCUT2D eigenvalue weighted by Crippen LogP contribution is 2.31. The topological polar surface area (TPSA) is 60.2 Å². The fourth-order valence-electron chi connectivity index (χ4n) is 3.64. The monoisotopic (exact) mass is 354 g/mol. The Morgan fingerprint density at radius 3 is 2.81 bits per heavy atom. The molecule has 138 valence electrons. The van der Waals surface area contributed by atoms with Gasteiger partial charge in [0.15, 0.2) is 6.61 Å². The average molecular weight is 354 g/mol. The number of benzene rings is 1. The summed E-state index contributed by atoms with van der Waals surface area (Å²) in [6.45, 7) is 2.76. The van der Waals surface area contributed by atoms with Gasteiger partial charge in [0, 0.05) is 26.1 Å². The van der Waals surface area contributed by atoms with Gasteiger partial charge < -0.3 is 14.2 Å². The Bertz CT molecular complexity index is 726. The van der Waals surface area contributed by atoms with Crippen molar-refractivity contribution in [3.05, 3.63) is 42.5 Å². The van der Waals surface area contributed by atoms with Gasteiger partial charge in [-0.1, -0.05) is 18.2 Å². The number of ether oxygens (including phenoxy) is 1. The van der Waals surface area contributed by atoms with Crippen molar-refractivity contribution in [2.75, 3.05) is 19.7 Å². The lowest BCUT2D eigenvalue weighted by molar-refractivity contribution is -0.135. The first-order valence-electron chi connectivity index (χ1n) is 9.60. The molecule has 1 saturated carbocycles. The Hall–Kier alpha value is -2.37. The smallest absolute Gasteiger partial charge is 0.260 e. The number of rotatable bonds is 7. The highest BCUT2D eigenvalue weighted by molar-refractivity contribution is 5.77. The fourth-order valence-corrected chi connectivity index (χ4v) is 3.64. The maximum Gasteiger partial charge on any atom is 0.260 e. The molecule has 1 unspecified atom stereocenters. The molecule has 26 heavy (non-hydrogen) atoms. The zero-order chi connectivity index (χ0) is 17.8. The first kappa shape index (κ1) is 17.1. The number of aromatic nitrogens is 3. The van der Waals surface area contributed by atoms with Gasteiger partial charge in [-0.15, -0.1) is 10.2 Å². The van der Waals surface area contributed by atoms with Crippen LogP contribution in [-0.4, -0.2) is 45.3 Å². The van der Waals surface area contributed by atoms with Gasteiger partial charge >= 0.3 is 0 Å². The molecule has 0 radical (unpaired) electrons. The molecule has 1 amide bonds. The van der Waals surface area contributed by atoms with E-state index in [1.165, 1.54) is 12.8 Å². The molecule has 2 aliphatic rings. The number of likely N-dealkylation sites (tertiary alicyclic amines) is 1. The second-order valence-corrected chi connectivity index (χ2v) is 7.50. The maximum atomic E-state index is 12.5. The molecule has 1 aliphatic heterocycles. The van der Waals surface area contributed by atoms with E-state index < -0.39 is 0 Å². The third kappa shape index (κ3) is 4.42. The van der Waals surface area contributed by atoms with E-state index in [1.807, 2.05) is 41.6 Å². The highest BCUT2D eigenvalue weighted by atomic mass is 16.5. The van der Waals surface area contributed by atoms with Crippen molar-refractivity contribution in [2.45, 2.75) is 38.6 Å². The van der Waals surface area contributed by atoms with Gasteiger partial charge in [0.25, 0.3) is 5.91 Å². The first-order valence-corrected chi connectivity index (χ1v) is 9.60. The van der Waals surface area contributed by atoms with E-state index in [4.69, 9.17) is 4.74 Å². The van der Waals surface area contributed by atoms with E-state index in [-0.39, 0.29) is 12.5 Å². The largest absolute Gasteiger partial charge is 0.484 e. The molecule has 0 N–H and O–H groups in total. The summed E-state index contributed by atoms with van der Waals surface area (Å²) in [5.41, 5.74) is 0. The number of nitrogens with zero attached hydrogens (tertiary/aromatic N) is 4. The van der Waals surface area contributed by atoms with Crippen molar-refractivity contribution in [2.24, 2.45) is 11.8 Å². The summed E-state index contributed by atoms with van der Waals surface area (Å²) in [6, 6.07) is 9.51. The van der Waals surface area contributed by atoms with Gasteiger partial charge in [0.05, 0.1) is 0 Å². The number of carbonyl (C=O) groups is 1. The van der Waals surface area contributed by atoms with Gasteiger partial charge in [0.1, 0.15) is 17.9 Å². The zero-order valence-electron chi connectivity index (χ0n) is 15.1. The van der Waals surface area contributed by atoms with Crippen LogP contribution >= 0.6 is 0 Å². The third-order valence-electron chi connectivity index (χ3n) is 5.30. The Kier molecular flexibility index (Phi) is 5.18. The van der Waals surface area contributed by atoms with E-state index in [0.29, 0.717) is 5.92 Å². The van der Waals surface area contributed by atoms with Gasteiger partial charge in [-0.25, -0.2) is 0 Å². The zero-order valence-corrected chi connectivity index (χ0v) is 15.1. The normalized spacial score (nSPS) is 20.2. The molecule has 0 bridgehead atoms. The van der Waals surface area contributed by atoms with Crippen LogP contribution in [0.4, 0.5) is 0 Å². The molecular weight excluding hydrogens is 328 g/mol. The van der Waals surface area contributed by atoms with Crippen molar-refractivity contribution >= 4 is 5.91 Å². The molecule has 0 spiro atoms. The minimum Gasteiger partial charge on any atom is -0.484 e. The van der Waals surface area contributed by atoms with Crippen LogP contribution in [0.5, 0.6) is 5.75 Å². The van der Waals surface area contributed by atoms with Crippen molar-refractivity contribution in [1.82, 2.24) is 19.7 Å². The third-order valence-corrected chi connectivity index (χ3v) is 5.30. The van der Waals surface area contributed by atoms with Gasteiger partial charge in [-0.3, -0.25) is 4.79 Å². The molecule has 1 aliphatic carbocycles. The Morgan fingerprint density at radius 1 is 1.15 bits per heavy atom. The molecule has 6 heteroatoms. The molecule has 2 fully saturated rings. The van der Waals surface area contributed by atoms with Crippen LogP contribution in [0.1, 0.15) is 31.5 Å². The lowest BCUT2D eigenvalue weighted by Gasteiger charge is -2.32. The first-order chi connectivity index (χ1) is 12.8. The summed E-state index contributed by atoms with van der Waals surface area (Å²) >= 11 is 0. The minimum absolute atomic E-state index is 0.0676. The van der Waals surface area contributed by atoms with Crippen LogP contribution in [0.25, 0.3) is 0 Å². The number of hydrogen-bond donors (Lipinski definition) is 0. The standard InChI is InChI=1S/C20H26N4O2/c25-20(14-26-18-6-2-1-3-7-18)23-10-4-5-17(13-23)11-19-22-21-15-24(19)12-16-8-9-16/h1-3,6-7,15-17H,4-5,8-14H2. The summed E-state index contributed by atoms with van der Waals surface area (Å²) in [6.07, 6.45) is 7.58. The van der Waals surface area contributed by atoms with Crippen LogP contribution < -0.4 is 4.74 Å². The molecule has 1 aromatic carbocycles.